The SMILES string of the molecule is CC(C)(C)c1ccc2c(c1)B1c3cc4c(cc3N(c3ccc(C(C)(C)C)cc3-c3ccccc3)c3cc(-c5ccccc5)cc(c31)O2)[Si](c1ccccc1)(c1ccccc1)c1ccccc1-4. The molecule has 12 rings (SSSR count). The number of hydrogen-bond donors (Lipinski definition) is 0. The molecule has 3 heterocycles. The van der Waals surface area contributed by atoms with Gasteiger partial charge in [-0.3, -0.25) is 0 Å². The van der Waals surface area contributed by atoms with Crippen molar-refractivity contribution in [3.05, 3.63) is 217 Å². The van der Waals surface area contributed by atoms with Crippen LogP contribution in [-0.2, 0) is 10.8 Å². The Morgan fingerprint density at radius 1 is 0.394 bits per heavy atom. The first-order valence-electron chi connectivity index (χ1n) is 23.5. The van der Waals surface area contributed by atoms with E-state index in [4.69, 9.17) is 4.74 Å². The maximum absolute atomic E-state index is 7.21. The molecule has 0 aromatic heterocycles. The molecule has 0 bridgehead atoms. The Kier molecular flexibility index (Phi) is 9.15. The molecule has 66 heavy (non-hydrogen) atoms. The van der Waals surface area contributed by atoms with Gasteiger partial charge in [-0.15, -0.1) is 0 Å². The minimum absolute atomic E-state index is 0.0499. The van der Waals surface area contributed by atoms with Gasteiger partial charge in [-0.2, -0.15) is 0 Å². The molecule has 0 radical (unpaired) electrons. The molecule has 0 fully saturated rings. The molecule has 3 aliphatic heterocycles. The van der Waals surface area contributed by atoms with Gasteiger partial charge < -0.3 is 9.64 Å². The summed E-state index contributed by atoms with van der Waals surface area (Å²) in [4.78, 5) is 2.62. The van der Waals surface area contributed by atoms with Gasteiger partial charge in [0.25, 0.3) is 6.71 Å². The Hall–Kier alpha value is -7.14. The van der Waals surface area contributed by atoms with E-state index >= 15 is 0 Å². The molecule has 4 heteroatoms. The van der Waals surface area contributed by atoms with Crippen LogP contribution < -0.4 is 46.8 Å². The van der Waals surface area contributed by atoms with Gasteiger partial charge in [-0.25, -0.2) is 0 Å². The van der Waals surface area contributed by atoms with Gasteiger partial charge in [-0.05, 0) is 123 Å². The van der Waals surface area contributed by atoms with Gasteiger partial charge in [0, 0.05) is 16.9 Å². The molecular formula is C62H52BNOSi. The van der Waals surface area contributed by atoms with E-state index in [2.05, 4.69) is 253 Å². The van der Waals surface area contributed by atoms with Gasteiger partial charge in [0.2, 0.25) is 0 Å². The number of fused-ring (bicyclic) bond motifs is 7. The second-order valence-electron chi connectivity index (χ2n) is 20.5. The molecular weight excluding hydrogens is 814 g/mol. The highest BCUT2D eigenvalue weighted by Crippen LogP contribution is 2.48. The van der Waals surface area contributed by atoms with Crippen molar-refractivity contribution < 1.29 is 4.74 Å². The zero-order valence-electron chi connectivity index (χ0n) is 38.6. The smallest absolute Gasteiger partial charge is 0.256 e. The molecule has 3 aliphatic rings. The van der Waals surface area contributed by atoms with Crippen LogP contribution in [0.5, 0.6) is 11.5 Å². The quantitative estimate of drug-likeness (QED) is 0.160. The fraction of sp³-hybridized carbons (Fsp3) is 0.129. The Labute approximate surface area is 391 Å². The molecule has 0 unspecified atom stereocenters. The van der Waals surface area contributed by atoms with Crippen LogP contribution in [0.25, 0.3) is 33.4 Å². The zero-order chi connectivity index (χ0) is 45.0. The molecule has 0 atom stereocenters. The summed E-state index contributed by atoms with van der Waals surface area (Å²) in [6, 6.07) is 78.0. The number of hydrogen-bond acceptors (Lipinski definition) is 2. The fourth-order valence-electron chi connectivity index (χ4n) is 11.3. The molecule has 0 saturated carbocycles. The van der Waals surface area contributed by atoms with Gasteiger partial charge in [0.1, 0.15) is 11.5 Å². The lowest BCUT2D eigenvalue weighted by atomic mass is 9.34. The summed E-state index contributed by atoms with van der Waals surface area (Å²) in [5.41, 5.74) is 17.1. The fourth-order valence-corrected chi connectivity index (χ4v) is 16.4. The molecule has 0 spiro atoms. The molecule has 2 nitrogen and oxygen atoms in total. The monoisotopic (exact) mass is 865 g/mol. The lowest BCUT2D eigenvalue weighted by Gasteiger charge is -2.42. The topological polar surface area (TPSA) is 12.5 Å². The summed E-state index contributed by atoms with van der Waals surface area (Å²) in [5.74, 6) is 1.84. The van der Waals surface area contributed by atoms with Crippen LogP contribution in [0.15, 0.2) is 206 Å². The highest BCUT2D eigenvalue weighted by Gasteiger charge is 2.51. The van der Waals surface area contributed by atoms with Crippen LogP contribution in [0, 0.1) is 0 Å². The van der Waals surface area contributed by atoms with E-state index in [0.29, 0.717) is 0 Å². The maximum atomic E-state index is 7.21. The van der Waals surface area contributed by atoms with Crippen LogP contribution in [0.4, 0.5) is 17.1 Å². The van der Waals surface area contributed by atoms with Crippen LogP contribution in [0.2, 0.25) is 0 Å². The van der Waals surface area contributed by atoms with Gasteiger partial charge in [0.15, 0.2) is 8.07 Å². The molecule has 0 amide bonds. The highest BCUT2D eigenvalue weighted by molar-refractivity contribution is 7.22. The average Bonchev–Trinajstić information content (AvgIpc) is 3.63. The van der Waals surface area contributed by atoms with E-state index in [1.807, 2.05) is 0 Å². The van der Waals surface area contributed by atoms with E-state index in [1.165, 1.54) is 76.2 Å². The Morgan fingerprint density at radius 3 is 1.62 bits per heavy atom. The summed E-state index contributed by atoms with van der Waals surface area (Å²) in [7, 11) is -2.87. The lowest BCUT2D eigenvalue weighted by molar-refractivity contribution is 0.486. The number of benzene rings is 9. The van der Waals surface area contributed by atoms with Crippen molar-refractivity contribution in [1.29, 1.82) is 0 Å². The molecule has 0 aliphatic carbocycles. The minimum Gasteiger partial charge on any atom is -0.458 e. The Morgan fingerprint density at radius 2 is 0.970 bits per heavy atom. The summed E-state index contributed by atoms with van der Waals surface area (Å²) >= 11 is 0. The molecule has 0 saturated heterocycles. The second kappa shape index (κ2) is 15.0. The molecule has 318 valence electrons. The molecule has 9 aromatic carbocycles. The van der Waals surface area contributed by atoms with Crippen LogP contribution >= 0.6 is 0 Å². The van der Waals surface area contributed by atoms with Crippen molar-refractivity contribution in [1.82, 2.24) is 0 Å². The second-order valence-corrected chi connectivity index (χ2v) is 24.2. The normalized spacial score (nSPS) is 14.1. The van der Waals surface area contributed by atoms with E-state index in [-0.39, 0.29) is 17.5 Å². The standard InChI is InChI=1S/C62H52BNOSi/c1-61(2,3)44-31-33-53(49(37-44)42-23-13-8-14-24-42)64-54-40-59-50(48-29-19-20-30-58(48)66(59,46-25-15-9-16-26-46)47-27-17-10-18-28-47)39-51(54)63-52-38-45(62(4,5)6)32-34-56(52)65-57-36-43(35-55(64)60(57)63)41-21-11-7-12-22-41/h7-40H,1-6H3. The van der Waals surface area contributed by atoms with Crippen molar-refractivity contribution in [2.75, 3.05) is 4.90 Å². The third-order valence-electron chi connectivity index (χ3n) is 14.5. The zero-order valence-corrected chi connectivity index (χ0v) is 39.6. The van der Waals surface area contributed by atoms with E-state index in [1.54, 1.807) is 0 Å². The third kappa shape index (κ3) is 6.15. The lowest BCUT2D eigenvalue weighted by Crippen LogP contribution is -2.73. The minimum atomic E-state index is -2.87. The van der Waals surface area contributed by atoms with Crippen LogP contribution in [0.3, 0.4) is 0 Å². The summed E-state index contributed by atoms with van der Waals surface area (Å²) in [6.07, 6.45) is 0. The Balaban J connectivity index is 1.25. The largest absolute Gasteiger partial charge is 0.458 e. The van der Waals surface area contributed by atoms with Crippen molar-refractivity contribution in [2.45, 2.75) is 52.4 Å². The summed E-state index contributed by atoms with van der Waals surface area (Å²) in [5, 5.41) is 5.66. The third-order valence-corrected chi connectivity index (χ3v) is 19.4. The van der Waals surface area contributed by atoms with Crippen LogP contribution in [0.1, 0.15) is 52.7 Å². The van der Waals surface area contributed by atoms with Gasteiger partial charge >= 0.3 is 0 Å². The summed E-state index contributed by atoms with van der Waals surface area (Å²) in [6.45, 7) is 13.8. The number of ether oxygens (including phenoxy) is 1. The number of anilines is 3. The molecule has 9 aromatic rings. The number of rotatable bonds is 5. The van der Waals surface area contributed by atoms with Crippen LogP contribution in [-0.4, -0.2) is 14.8 Å². The number of nitrogens with zero attached hydrogens (tertiary/aromatic N) is 1. The first-order valence-corrected chi connectivity index (χ1v) is 25.5. The van der Waals surface area contributed by atoms with Gasteiger partial charge in [0.05, 0.1) is 5.69 Å². The van der Waals surface area contributed by atoms with Crippen molar-refractivity contribution >= 4 is 69.0 Å². The Bertz CT molecular complexity index is 3310. The van der Waals surface area contributed by atoms with Crippen molar-refractivity contribution in [2.24, 2.45) is 0 Å². The van der Waals surface area contributed by atoms with Crippen molar-refractivity contribution in [3.8, 4) is 44.9 Å². The predicted molar refractivity (Wildman–Crippen MR) is 283 cm³/mol. The highest BCUT2D eigenvalue weighted by atomic mass is 28.3. The maximum Gasteiger partial charge on any atom is 0.256 e. The van der Waals surface area contributed by atoms with E-state index in [0.717, 1.165) is 34.0 Å². The molecule has 0 N–H and O–H groups in total. The van der Waals surface area contributed by atoms with Crippen molar-refractivity contribution in [3.63, 3.8) is 0 Å². The first-order chi connectivity index (χ1) is 32.0. The van der Waals surface area contributed by atoms with Gasteiger partial charge in [-0.1, -0.05) is 211 Å². The summed E-state index contributed by atoms with van der Waals surface area (Å²) < 4.78 is 7.21. The van der Waals surface area contributed by atoms with E-state index < -0.39 is 8.07 Å². The predicted octanol–water partition coefficient (Wildman–Crippen LogP) is 11.4. The van der Waals surface area contributed by atoms with E-state index in [9.17, 15) is 0 Å². The first kappa shape index (κ1) is 40.4. The average molecular weight is 866 g/mol.